The first-order valence-electron chi connectivity index (χ1n) is 6.54. The number of hydrogen-bond acceptors (Lipinski definition) is 4. The van der Waals surface area contributed by atoms with Crippen molar-refractivity contribution in [1.29, 1.82) is 0 Å². The number of methoxy groups -OCH3 is 2. The topological polar surface area (TPSA) is 64.6 Å². The Kier molecular flexibility index (Phi) is 4.77. The maximum atomic E-state index is 11.7. The predicted molar refractivity (Wildman–Crippen MR) is 79.0 cm³/mol. The smallest absolute Gasteiger partial charge is 0.407 e. The number of hydrogen-bond donors (Lipinski definition) is 1. The Bertz CT molecular complexity index is 654. The highest BCUT2D eigenvalue weighted by Gasteiger charge is 2.22. The van der Waals surface area contributed by atoms with Crippen LogP contribution in [0, 0.1) is 0 Å². The van der Waals surface area contributed by atoms with Gasteiger partial charge in [-0.3, -0.25) is 0 Å². The molecule has 0 spiro atoms. The zero-order valence-electron chi connectivity index (χ0n) is 12.0. The molecule has 0 fully saturated rings. The molecule has 2 aromatic carbocycles. The summed E-state index contributed by atoms with van der Waals surface area (Å²) >= 11 is 0. The molecular formula is C16H17NO4. The summed E-state index contributed by atoms with van der Waals surface area (Å²) in [5.41, 5.74) is 0.931. The molecule has 21 heavy (non-hydrogen) atoms. The molecule has 0 aliphatic heterocycles. The van der Waals surface area contributed by atoms with Crippen LogP contribution in [0.5, 0.6) is 0 Å². The normalized spacial score (nSPS) is 11.7. The van der Waals surface area contributed by atoms with Gasteiger partial charge in [-0.25, -0.2) is 9.59 Å². The van der Waals surface area contributed by atoms with Gasteiger partial charge >= 0.3 is 12.1 Å². The van der Waals surface area contributed by atoms with Gasteiger partial charge in [-0.1, -0.05) is 42.5 Å². The fourth-order valence-electron chi connectivity index (χ4n) is 2.14. The number of benzene rings is 2. The van der Waals surface area contributed by atoms with Crippen molar-refractivity contribution in [2.45, 2.75) is 12.5 Å². The molecule has 0 saturated heterocycles. The van der Waals surface area contributed by atoms with Crippen molar-refractivity contribution < 1.29 is 19.1 Å². The average Bonchev–Trinajstić information content (AvgIpc) is 2.53. The molecule has 0 aliphatic carbocycles. The first kappa shape index (κ1) is 14.8. The van der Waals surface area contributed by atoms with Gasteiger partial charge < -0.3 is 14.8 Å². The minimum atomic E-state index is -0.774. The Balaban J connectivity index is 2.20. The summed E-state index contributed by atoms with van der Waals surface area (Å²) in [5, 5.41) is 4.68. The Hall–Kier alpha value is -2.56. The van der Waals surface area contributed by atoms with Crippen LogP contribution in [-0.4, -0.2) is 32.3 Å². The highest BCUT2D eigenvalue weighted by atomic mass is 16.5. The van der Waals surface area contributed by atoms with Gasteiger partial charge in [-0.15, -0.1) is 0 Å². The summed E-state index contributed by atoms with van der Waals surface area (Å²) in [6, 6.07) is 13.1. The standard InChI is InChI=1S/C16H17NO4/c1-20-15(18)14(17-16(19)21-2)10-11-7-8-12-5-3-4-6-13(12)9-11/h3-9,14H,10H2,1-2H3,(H,17,19)/t14-/m0/s1. The highest BCUT2D eigenvalue weighted by Crippen LogP contribution is 2.17. The summed E-state index contributed by atoms with van der Waals surface area (Å²) < 4.78 is 9.23. The van der Waals surface area contributed by atoms with E-state index in [9.17, 15) is 9.59 Å². The van der Waals surface area contributed by atoms with E-state index in [1.54, 1.807) is 0 Å². The summed E-state index contributed by atoms with van der Waals surface area (Å²) in [4.78, 5) is 23.0. The zero-order chi connectivity index (χ0) is 15.2. The van der Waals surface area contributed by atoms with Gasteiger partial charge in [0.25, 0.3) is 0 Å². The van der Waals surface area contributed by atoms with E-state index in [0.717, 1.165) is 16.3 Å². The fraction of sp³-hybridized carbons (Fsp3) is 0.250. The number of alkyl carbamates (subject to hydrolysis) is 1. The lowest BCUT2D eigenvalue weighted by Crippen LogP contribution is -2.42. The van der Waals surface area contributed by atoms with Crippen molar-refractivity contribution in [2.75, 3.05) is 14.2 Å². The van der Waals surface area contributed by atoms with Crippen LogP contribution in [0.1, 0.15) is 5.56 Å². The molecule has 2 rings (SSSR count). The molecule has 0 saturated carbocycles. The van der Waals surface area contributed by atoms with Crippen molar-refractivity contribution in [3.8, 4) is 0 Å². The van der Waals surface area contributed by atoms with Crippen LogP contribution >= 0.6 is 0 Å². The lowest BCUT2D eigenvalue weighted by molar-refractivity contribution is -0.142. The van der Waals surface area contributed by atoms with E-state index >= 15 is 0 Å². The monoisotopic (exact) mass is 287 g/mol. The Morgan fingerprint density at radius 3 is 2.43 bits per heavy atom. The number of fused-ring (bicyclic) bond motifs is 1. The number of nitrogens with one attached hydrogen (secondary N) is 1. The summed E-state index contributed by atoms with van der Waals surface area (Å²) in [5.74, 6) is -0.506. The second-order valence-corrected chi connectivity index (χ2v) is 4.60. The van der Waals surface area contributed by atoms with Gasteiger partial charge in [-0.05, 0) is 16.3 Å². The van der Waals surface area contributed by atoms with Crippen LogP contribution in [0.25, 0.3) is 10.8 Å². The first-order chi connectivity index (χ1) is 10.1. The minimum absolute atomic E-state index is 0.340. The molecule has 0 aromatic heterocycles. The largest absolute Gasteiger partial charge is 0.467 e. The Morgan fingerprint density at radius 1 is 1.05 bits per heavy atom. The van der Waals surface area contributed by atoms with Crippen LogP contribution in [0.4, 0.5) is 4.79 Å². The van der Waals surface area contributed by atoms with Crippen molar-refractivity contribution in [1.82, 2.24) is 5.32 Å². The summed E-state index contributed by atoms with van der Waals surface area (Å²) in [6.07, 6.45) is -0.321. The number of esters is 1. The quantitative estimate of drug-likeness (QED) is 0.876. The van der Waals surface area contributed by atoms with E-state index in [-0.39, 0.29) is 0 Å². The summed E-state index contributed by atoms with van der Waals surface area (Å²) in [6.45, 7) is 0. The molecule has 110 valence electrons. The molecule has 1 atom stereocenters. The molecule has 0 unspecified atom stereocenters. The number of carbonyl (C=O) groups excluding carboxylic acids is 2. The van der Waals surface area contributed by atoms with E-state index in [4.69, 9.17) is 4.74 Å². The van der Waals surface area contributed by atoms with Gasteiger partial charge in [0.15, 0.2) is 0 Å². The van der Waals surface area contributed by atoms with E-state index in [0.29, 0.717) is 6.42 Å². The molecule has 1 amide bonds. The van der Waals surface area contributed by atoms with Crippen molar-refractivity contribution in [2.24, 2.45) is 0 Å². The van der Waals surface area contributed by atoms with Gasteiger partial charge in [-0.2, -0.15) is 0 Å². The van der Waals surface area contributed by atoms with Gasteiger partial charge in [0, 0.05) is 6.42 Å². The third-order valence-electron chi connectivity index (χ3n) is 3.22. The fourth-order valence-corrected chi connectivity index (χ4v) is 2.14. The van der Waals surface area contributed by atoms with Crippen LogP contribution in [-0.2, 0) is 20.7 Å². The maximum Gasteiger partial charge on any atom is 0.407 e. The van der Waals surface area contributed by atoms with Crippen molar-refractivity contribution in [3.05, 3.63) is 48.0 Å². The van der Waals surface area contributed by atoms with E-state index in [1.807, 2.05) is 42.5 Å². The molecule has 0 aliphatic rings. The van der Waals surface area contributed by atoms with Crippen molar-refractivity contribution in [3.63, 3.8) is 0 Å². The molecule has 5 heteroatoms. The van der Waals surface area contributed by atoms with Crippen LogP contribution in [0.3, 0.4) is 0 Å². The minimum Gasteiger partial charge on any atom is -0.467 e. The zero-order valence-corrected chi connectivity index (χ0v) is 12.0. The van der Waals surface area contributed by atoms with Crippen LogP contribution in [0.2, 0.25) is 0 Å². The number of carbonyl (C=O) groups is 2. The first-order valence-corrected chi connectivity index (χ1v) is 6.54. The highest BCUT2D eigenvalue weighted by molar-refractivity contribution is 5.84. The Labute approximate surface area is 122 Å². The van der Waals surface area contributed by atoms with E-state index in [2.05, 4.69) is 10.1 Å². The van der Waals surface area contributed by atoms with Gasteiger partial charge in [0.05, 0.1) is 14.2 Å². The molecular weight excluding hydrogens is 270 g/mol. The second-order valence-electron chi connectivity index (χ2n) is 4.60. The third-order valence-corrected chi connectivity index (χ3v) is 3.22. The Morgan fingerprint density at radius 2 is 1.76 bits per heavy atom. The average molecular weight is 287 g/mol. The van der Waals surface area contributed by atoms with Gasteiger partial charge in [0.2, 0.25) is 0 Å². The lowest BCUT2D eigenvalue weighted by atomic mass is 10.0. The lowest BCUT2D eigenvalue weighted by Gasteiger charge is -2.16. The molecule has 0 radical (unpaired) electrons. The van der Waals surface area contributed by atoms with E-state index < -0.39 is 18.1 Å². The van der Waals surface area contributed by atoms with Crippen molar-refractivity contribution >= 4 is 22.8 Å². The molecule has 0 heterocycles. The molecule has 5 nitrogen and oxygen atoms in total. The summed E-state index contributed by atoms with van der Waals surface area (Å²) in [7, 11) is 2.54. The SMILES string of the molecule is COC(=O)N[C@@H](Cc1ccc2ccccc2c1)C(=O)OC. The number of ether oxygens (including phenoxy) is 2. The van der Waals surface area contributed by atoms with Crippen LogP contribution < -0.4 is 5.32 Å². The van der Waals surface area contributed by atoms with E-state index in [1.165, 1.54) is 14.2 Å². The predicted octanol–water partition coefficient (Wildman–Crippen LogP) is 2.28. The molecule has 1 N–H and O–H groups in total. The van der Waals surface area contributed by atoms with Crippen LogP contribution in [0.15, 0.2) is 42.5 Å². The molecule has 0 bridgehead atoms. The number of rotatable bonds is 4. The molecule has 2 aromatic rings. The third kappa shape index (κ3) is 3.72. The maximum absolute atomic E-state index is 11.7. The second kappa shape index (κ2) is 6.74. The number of amides is 1. The van der Waals surface area contributed by atoms with Gasteiger partial charge in [0.1, 0.15) is 6.04 Å².